The quantitative estimate of drug-likeness (QED) is 0.591. The topological polar surface area (TPSA) is 58.8 Å². The molecule has 0 aliphatic carbocycles. The summed E-state index contributed by atoms with van der Waals surface area (Å²) in [4.78, 5) is 16.6. The zero-order valence-electron chi connectivity index (χ0n) is 11.5. The van der Waals surface area contributed by atoms with Crippen LogP contribution in [0.5, 0.6) is 0 Å². The number of aromatic nitrogens is 2. The number of nitrogens with one attached hydrogen (secondary N) is 1. The Hall–Kier alpha value is -2.95. The molecule has 1 N–H and O–H groups in total. The number of carbonyl (C=O) groups excluding carboxylic acids is 1. The van der Waals surface area contributed by atoms with Crippen molar-refractivity contribution >= 4 is 17.8 Å². The minimum atomic E-state index is -0.279. The molecule has 3 rings (SSSR count). The van der Waals surface area contributed by atoms with Gasteiger partial charge in [-0.25, -0.2) is 10.4 Å². The number of rotatable bonds is 3. The molecule has 0 saturated carbocycles. The predicted octanol–water partition coefficient (Wildman–Crippen LogP) is 2.41. The van der Waals surface area contributed by atoms with Crippen LogP contribution >= 0.6 is 0 Å². The van der Waals surface area contributed by atoms with Crippen LogP contribution in [0, 0.1) is 6.92 Å². The Morgan fingerprint density at radius 3 is 2.76 bits per heavy atom. The van der Waals surface area contributed by atoms with Crippen molar-refractivity contribution in [2.75, 3.05) is 0 Å². The lowest BCUT2D eigenvalue weighted by Gasteiger charge is -2.01. The summed E-state index contributed by atoms with van der Waals surface area (Å²) in [6.45, 7) is 1.81. The number of hydrogen-bond donors (Lipinski definition) is 1. The average Bonchev–Trinajstić information content (AvgIpc) is 2.84. The van der Waals surface area contributed by atoms with Gasteiger partial charge < -0.3 is 0 Å². The molecule has 0 atom stereocenters. The van der Waals surface area contributed by atoms with Crippen molar-refractivity contribution in [3.05, 3.63) is 71.7 Å². The fourth-order valence-electron chi connectivity index (χ4n) is 2.14. The van der Waals surface area contributed by atoms with E-state index in [1.807, 2.05) is 61.7 Å². The number of fused-ring (bicyclic) bond motifs is 1. The van der Waals surface area contributed by atoms with Crippen LogP contribution in [0.1, 0.15) is 21.7 Å². The smallest absolute Gasteiger partial charge is 0.290 e. The van der Waals surface area contributed by atoms with E-state index in [2.05, 4.69) is 15.5 Å². The fraction of sp³-hybridized carbons (Fsp3) is 0.0625. The number of pyridine rings is 1. The van der Waals surface area contributed by atoms with E-state index in [1.54, 1.807) is 10.6 Å². The van der Waals surface area contributed by atoms with Crippen LogP contribution in [0.3, 0.4) is 0 Å². The lowest BCUT2D eigenvalue weighted by Crippen LogP contribution is -2.20. The van der Waals surface area contributed by atoms with E-state index >= 15 is 0 Å². The average molecular weight is 278 g/mol. The van der Waals surface area contributed by atoms with Crippen molar-refractivity contribution in [1.82, 2.24) is 14.8 Å². The second-order valence-corrected chi connectivity index (χ2v) is 4.58. The SMILES string of the molecule is Cc1nc2ccccn2c1C(=O)N/N=C/c1ccccc1. The number of aryl methyl sites for hydroxylation is 1. The molecule has 3 aromatic rings. The van der Waals surface area contributed by atoms with Crippen LogP contribution in [0.4, 0.5) is 0 Å². The number of imidazole rings is 1. The maximum atomic E-state index is 12.2. The Morgan fingerprint density at radius 1 is 1.19 bits per heavy atom. The molecule has 0 spiro atoms. The van der Waals surface area contributed by atoms with Gasteiger partial charge in [-0.15, -0.1) is 0 Å². The predicted molar refractivity (Wildman–Crippen MR) is 81.4 cm³/mol. The Morgan fingerprint density at radius 2 is 1.95 bits per heavy atom. The summed E-state index contributed by atoms with van der Waals surface area (Å²) in [6, 6.07) is 15.2. The van der Waals surface area contributed by atoms with E-state index in [9.17, 15) is 4.79 Å². The lowest BCUT2D eigenvalue weighted by molar-refractivity contribution is 0.0948. The van der Waals surface area contributed by atoms with E-state index in [0.29, 0.717) is 11.4 Å². The normalized spacial score (nSPS) is 11.1. The Bertz CT molecular complexity index is 806. The zero-order valence-corrected chi connectivity index (χ0v) is 11.5. The lowest BCUT2D eigenvalue weighted by atomic mass is 10.2. The van der Waals surface area contributed by atoms with Gasteiger partial charge in [0.15, 0.2) is 0 Å². The number of nitrogens with zero attached hydrogens (tertiary/aromatic N) is 3. The highest BCUT2D eigenvalue weighted by molar-refractivity contribution is 5.95. The van der Waals surface area contributed by atoms with Gasteiger partial charge in [0.05, 0.1) is 11.9 Å². The third kappa shape index (κ3) is 2.67. The molecule has 0 saturated heterocycles. The molecule has 5 nitrogen and oxygen atoms in total. The van der Waals surface area contributed by atoms with E-state index in [0.717, 1.165) is 11.2 Å². The maximum Gasteiger partial charge on any atom is 0.290 e. The number of hydrazone groups is 1. The minimum Gasteiger partial charge on any atom is -0.295 e. The molecule has 0 radical (unpaired) electrons. The van der Waals surface area contributed by atoms with Crippen molar-refractivity contribution in [1.29, 1.82) is 0 Å². The standard InChI is InChI=1S/C16H14N4O/c1-12-15(20-10-6-5-9-14(20)18-12)16(21)19-17-11-13-7-3-2-4-8-13/h2-11H,1H3,(H,19,21)/b17-11+. The van der Waals surface area contributed by atoms with Crippen LogP contribution < -0.4 is 5.43 Å². The van der Waals surface area contributed by atoms with Crippen LogP contribution in [0.2, 0.25) is 0 Å². The molecule has 1 aromatic carbocycles. The van der Waals surface area contributed by atoms with Crippen molar-refractivity contribution in [3.63, 3.8) is 0 Å². The van der Waals surface area contributed by atoms with Crippen LogP contribution in [-0.4, -0.2) is 21.5 Å². The largest absolute Gasteiger partial charge is 0.295 e. The number of carbonyl (C=O) groups is 1. The Kier molecular flexibility index (Phi) is 3.47. The highest BCUT2D eigenvalue weighted by atomic mass is 16.2. The molecular weight excluding hydrogens is 264 g/mol. The van der Waals surface area contributed by atoms with Crippen LogP contribution in [0.15, 0.2) is 59.8 Å². The van der Waals surface area contributed by atoms with Gasteiger partial charge in [0.25, 0.3) is 5.91 Å². The zero-order chi connectivity index (χ0) is 14.7. The van der Waals surface area contributed by atoms with Gasteiger partial charge in [-0.1, -0.05) is 36.4 Å². The number of benzene rings is 1. The van der Waals surface area contributed by atoms with Crippen LogP contribution in [-0.2, 0) is 0 Å². The second kappa shape index (κ2) is 5.58. The summed E-state index contributed by atoms with van der Waals surface area (Å²) in [7, 11) is 0. The molecule has 104 valence electrons. The Labute approximate surface area is 121 Å². The molecule has 0 unspecified atom stereocenters. The van der Waals surface area contributed by atoms with E-state index in [4.69, 9.17) is 0 Å². The molecule has 2 aromatic heterocycles. The summed E-state index contributed by atoms with van der Waals surface area (Å²) in [5, 5.41) is 3.98. The monoisotopic (exact) mass is 278 g/mol. The molecule has 0 bridgehead atoms. The first-order valence-electron chi connectivity index (χ1n) is 6.58. The van der Waals surface area contributed by atoms with E-state index < -0.39 is 0 Å². The van der Waals surface area contributed by atoms with Gasteiger partial charge in [-0.05, 0) is 24.6 Å². The van der Waals surface area contributed by atoms with E-state index in [-0.39, 0.29) is 5.91 Å². The van der Waals surface area contributed by atoms with Gasteiger partial charge in [-0.2, -0.15) is 5.10 Å². The van der Waals surface area contributed by atoms with Gasteiger partial charge >= 0.3 is 0 Å². The highest BCUT2D eigenvalue weighted by Crippen LogP contribution is 2.11. The third-order valence-electron chi connectivity index (χ3n) is 3.10. The summed E-state index contributed by atoms with van der Waals surface area (Å²) in [5.41, 5.74) is 5.37. The molecule has 0 fully saturated rings. The van der Waals surface area contributed by atoms with E-state index in [1.165, 1.54) is 0 Å². The first-order chi connectivity index (χ1) is 10.3. The Balaban J connectivity index is 1.82. The molecule has 1 amide bonds. The first kappa shape index (κ1) is 13.1. The van der Waals surface area contributed by atoms with Crippen molar-refractivity contribution < 1.29 is 4.79 Å². The molecule has 2 heterocycles. The van der Waals surface area contributed by atoms with Crippen molar-refractivity contribution in [2.24, 2.45) is 5.10 Å². The molecule has 0 aliphatic heterocycles. The minimum absolute atomic E-state index is 0.279. The molecular formula is C16H14N4O. The third-order valence-corrected chi connectivity index (χ3v) is 3.10. The molecule has 5 heteroatoms. The molecule has 21 heavy (non-hydrogen) atoms. The number of hydrogen-bond acceptors (Lipinski definition) is 3. The summed E-state index contributed by atoms with van der Waals surface area (Å²) >= 11 is 0. The summed E-state index contributed by atoms with van der Waals surface area (Å²) in [5.74, 6) is -0.279. The molecule has 0 aliphatic rings. The summed E-state index contributed by atoms with van der Waals surface area (Å²) in [6.07, 6.45) is 3.42. The maximum absolute atomic E-state index is 12.2. The number of amides is 1. The van der Waals surface area contributed by atoms with Gasteiger partial charge in [0, 0.05) is 6.20 Å². The fourth-order valence-corrected chi connectivity index (χ4v) is 2.14. The van der Waals surface area contributed by atoms with Crippen molar-refractivity contribution in [2.45, 2.75) is 6.92 Å². The van der Waals surface area contributed by atoms with Crippen LogP contribution in [0.25, 0.3) is 5.65 Å². The van der Waals surface area contributed by atoms with Gasteiger partial charge in [0.2, 0.25) is 0 Å². The van der Waals surface area contributed by atoms with Gasteiger partial charge in [-0.3, -0.25) is 9.20 Å². The van der Waals surface area contributed by atoms with Crippen molar-refractivity contribution in [3.8, 4) is 0 Å². The second-order valence-electron chi connectivity index (χ2n) is 4.58. The highest BCUT2D eigenvalue weighted by Gasteiger charge is 2.15. The summed E-state index contributed by atoms with van der Waals surface area (Å²) < 4.78 is 1.75. The first-order valence-corrected chi connectivity index (χ1v) is 6.58. The van der Waals surface area contributed by atoms with Gasteiger partial charge in [0.1, 0.15) is 11.3 Å².